The van der Waals surface area contributed by atoms with Crippen molar-refractivity contribution in [1.29, 1.82) is 0 Å². The summed E-state index contributed by atoms with van der Waals surface area (Å²) in [5.41, 5.74) is 7.51. The van der Waals surface area contributed by atoms with Crippen LogP contribution in [0, 0.1) is 0 Å². The van der Waals surface area contributed by atoms with Crippen LogP contribution in [0.4, 0.5) is 16.2 Å². The third-order valence-corrected chi connectivity index (χ3v) is 11.7. The van der Waals surface area contributed by atoms with Gasteiger partial charge in [-0.15, -0.1) is 0 Å². The monoisotopic (exact) mass is 848 g/mol. The van der Waals surface area contributed by atoms with Gasteiger partial charge in [0.1, 0.15) is 11.9 Å². The maximum atomic E-state index is 13.2. The van der Waals surface area contributed by atoms with E-state index in [1.165, 1.54) is 11.6 Å². The average molecular weight is 849 g/mol. The van der Waals surface area contributed by atoms with Crippen LogP contribution < -0.4 is 26.4 Å². The van der Waals surface area contributed by atoms with E-state index in [1.54, 1.807) is 48.3 Å². The minimum atomic E-state index is -0.466. The Kier molecular flexibility index (Phi) is 15.0. The molecule has 7 rings (SSSR count). The molecule has 12 heteroatoms. The van der Waals surface area contributed by atoms with Crippen LogP contribution >= 0.6 is 0 Å². The fourth-order valence-electron chi connectivity index (χ4n) is 8.13. The summed E-state index contributed by atoms with van der Waals surface area (Å²) in [6.45, 7) is 5.46. The number of fused-ring (bicyclic) bond motifs is 1. The number of H-pyrrole nitrogens is 1. The topological polar surface area (TPSA) is 156 Å². The van der Waals surface area contributed by atoms with Gasteiger partial charge in [0, 0.05) is 74.0 Å². The lowest BCUT2D eigenvalue weighted by molar-refractivity contribution is -0.118. The molecule has 0 spiro atoms. The number of anilines is 2. The molecule has 0 radical (unpaired) electrons. The van der Waals surface area contributed by atoms with Gasteiger partial charge in [0.25, 0.3) is 5.91 Å². The molecule has 2 heterocycles. The van der Waals surface area contributed by atoms with Crippen molar-refractivity contribution in [2.24, 2.45) is 0 Å². The van der Waals surface area contributed by atoms with E-state index in [9.17, 15) is 24.3 Å². The minimum Gasteiger partial charge on any atom is -0.506 e. The zero-order chi connectivity index (χ0) is 44.1. The molecule has 0 aliphatic carbocycles. The molecule has 1 fully saturated rings. The first-order valence-corrected chi connectivity index (χ1v) is 21.7. The largest absolute Gasteiger partial charge is 0.506 e. The first kappa shape index (κ1) is 44.3. The summed E-state index contributed by atoms with van der Waals surface area (Å²) in [5, 5.41) is 20.5. The number of pyridine rings is 1. The van der Waals surface area contributed by atoms with E-state index in [-0.39, 0.29) is 35.3 Å². The lowest BCUT2D eigenvalue weighted by atomic mass is 10.0. The van der Waals surface area contributed by atoms with Crippen molar-refractivity contribution < 1.29 is 24.2 Å². The average Bonchev–Trinajstić information content (AvgIpc) is 3.30. The van der Waals surface area contributed by atoms with Gasteiger partial charge in [-0.2, -0.15) is 0 Å². The van der Waals surface area contributed by atoms with Gasteiger partial charge in [0.05, 0.1) is 11.2 Å². The number of hydrogen-bond donors (Lipinski definition) is 5. The molecule has 12 nitrogen and oxygen atoms in total. The second kappa shape index (κ2) is 21.4. The Morgan fingerprint density at radius 1 is 0.841 bits per heavy atom. The Morgan fingerprint density at radius 2 is 1.59 bits per heavy atom. The summed E-state index contributed by atoms with van der Waals surface area (Å²) in [7, 11) is 1.75. The molecule has 6 aromatic rings. The van der Waals surface area contributed by atoms with Crippen molar-refractivity contribution in [1.82, 2.24) is 20.5 Å². The number of phenols is 1. The molecule has 0 bridgehead atoms. The van der Waals surface area contributed by atoms with Gasteiger partial charge in [-0.1, -0.05) is 78.9 Å². The van der Waals surface area contributed by atoms with Crippen molar-refractivity contribution in [3.05, 3.63) is 160 Å². The number of aromatic amines is 1. The number of rotatable bonds is 17. The number of carbonyl (C=O) groups is 3. The number of aromatic hydroxyl groups is 1. The predicted molar refractivity (Wildman–Crippen MR) is 249 cm³/mol. The number of nitrogens with one attached hydrogen (secondary N) is 4. The van der Waals surface area contributed by atoms with Crippen LogP contribution in [0.2, 0.25) is 0 Å². The fraction of sp³-hybridized carbons (Fsp3) is 0.294. The minimum absolute atomic E-state index is 0.0168. The van der Waals surface area contributed by atoms with Crippen molar-refractivity contribution >= 4 is 40.2 Å². The number of amides is 3. The van der Waals surface area contributed by atoms with Gasteiger partial charge < -0.3 is 35.3 Å². The zero-order valence-electron chi connectivity index (χ0n) is 35.9. The fourth-order valence-corrected chi connectivity index (χ4v) is 8.13. The summed E-state index contributed by atoms with van der Waals surface area (Å²) in [6.07, 6.45) is 3.36. The highest BCUT2D eigenvalue weighted by molar-refractivity contribution is 5.96. The van der Waals surface area contributed by atoms with E-state index >= 15 is 0 Å². The Bertz CT molecular complexity index is 2550. The first-order valence-electron chi connectivity index (χ1n) is 21.7. The van der Waals surface area contributed by atoms with E-state index in [4.69, 9.17) is 4.74 Å². The van der Waals surface area contributed by atoms with E-state index in [2.05, 4.69) is 51.0 Å². The molecular weight excluding hydrogens is 793 g/mol. The molecule has 5 N–H and O–H groups in total. The van der Waals surface area contributed by atoms with Gasteiger partial charge in [-0.05, 0) is 110 Å². The number of likely N-dealkylation sites (tertiary alicyclic amines) is 1. The predicted octanol–water partition coefficient (Wildman–Crippen LogP) is 7.70. The highest BCUT2D eigenvalue weighted by atomic mass is 16.6. The van der Waals surface area contributed by atoms with E-state index in [0.29, 0.717) is 55.5 Å². The quantitative estimate of drug-likeness (QED) is 0.0626. The number of piperidine rings is 1. The maximum Gasteiger partial charge on any atom is 0.411 e. The number of para-hydroxylation sites is 1. The van der Waals surface area contributed by atoms with Crippen molar-refractivity contribution in [3.8, 4) is 16.9 Å². The van der Waals surface area contributed by atoms with Gasteiger partial charge in [-0.25, -0.2) is 4.79 Å². The molecule has 63 heavy (non-hydrogen) atoms. The summed E-state index contributed by atoms with van der Waals surface area (Å²) in [5.74, 6) is -0.119. The van der Waals surface area contributed by atoms with Crippen LogP contribution in [0.1, 0.15) is 53.2 Å². The molecule has 1 atom stereocenters. The third kappa shape index (κ3) is 12.2. The van der Waals surface area contributed by atoms with E-state index in [0.717, 1.165) is 65.8 Å². The smallest absolute Gasteiger partial charge is 0.411 e. The highest BCUT2D eigenvalue weighted by Gasteiger charge is 2.24. The Morgan fingerprint density at radius 3 is 2.38 bits per heavy atom. The molecule has 326 valence electrons. The molecule has 3 amide bonds. The Balaban J connectivity index is 0.784. The lowest BCUT2D eigenvalue weighted by Gasteiger charge is -2.31. The maximum absolute atomic E-state index is 13.2. The van der Waals surface area contributed by atoms with Crippen LogP contribution in [-0.4, -0.2) is 84.8 Å². The molecule has 0 saturated carbocycles. The standard InChI is InChI=1S/C51H56N6O6/c1-35(52-29-24-39-17-21-46(58)49-44(39)20-22-47(59)55-49)33-37-10-8-9-36(34-37)23-28-53-50(61)40-15-18-41(19-16-40)56(2)48(60)27-32-57-30-25-42(26-31-57)63-51(62)54-45-14-7-6-13-43(45)38-11-4-3-5-12-38/h3-22,34-35,42,52,58H,23-33H2,1-2H3,(H,53,61)(H,54,62)(H,55,59)/t35-/m1/s1. The lowest BCUT2D eigenvalue weighted by Crippen LogP contribution is -2.40. The van der Waals surface area contributed by atoms with Gasteiger partial charge in [0.15, 0.2) is 0 Å². The SMILES string of the molecule is C[C@H](Cc1cccc(CCNC(=O)c2ccc(N(C)C(=O)CCN3CCC(OC(=O)Nc4ccccc4-c4ccccc4)CC3)cc2)c1)NCCc1ccc(O)c2[nH]c(=O)ccc12. The van der Waals surface area contributed by atoms with Crippen LogP contribution in [-0.2, 0) is 28.8 Å². The summed E-state index contributed by atoms with van der Waals surface area (Å²) in [6, 6.07) is 40.1. The second-order valence-electron chi connectivity index (χ2n) is 16.2. The summed E-state index contributed by atoms with van der Waals surface area (Å²) >= 11 is 0. The van der Waals surface area contributed by atoms with Crippen molar-refractivity contribution in [3.63, 3.8) is 0 Å². The zero-order valence-corrected chi connectivity index (χ0v) is 35.9. The van der Waals surface area contributed by atoms with E-state index < -0.39 is 6.09 Å². The first-order chi connectivity index (χ1) is 30.6. The van der Waals surface area contributed by atoms with Crippen LogP contribution in [0.15, 0.2) is 132 Å². The molecule has 0 unspecified atom stereocenters. The number of benzene rings is 5. The molecule has 1 aromatic heterocycles. The Labute approximate surface area is 368 Å². The molecular formula is C51H56N6O6. The van der Waals surface area contributed by atoms with Crippen molar-refractivity contribution in [2.75, 3.05) is 50.0 Å². The van der Waals surface area contributed by atoms with Gasteiger partial charge >= 0.3 is 6.09 Å². The van der Waals surface area contributed by atoms with Crippen LogP contribution in [0.5, 0.6) is 5.75 Å². The number of phenolic OH excluding ortho intramolecular Hbond substituents is 1. The third-order valence-electron chi connectivity index (χ3n) is 11.7. The highest BCUT2D eigenvalue weighted by Crippen LogP contribution is 2.28. The summed E-state index contributed by atoms with van der Waals surface area (Å²) in [4.78, 5) is 57.3. The number of nitrogens with zero attached hydrogens (tertiary/aromatic N) is 2. The number of aromatic nitrogens is 1. The Hall–Kier alpha value is -6.76. The van der Waals surface area contributed by atoms with Gasteiger partial charge in [0.2, 0.25) is 11.5 Å². The van der Waals surface area contributed by atoms with Crippen LogP contribution in [0.25, 0.3) is 22.0 Å². The number of carbonyl (C=O) groups excluding carboxylic acids is 3. The molecule has 1 saturated heterocycles. The number of ether oxygens (including phenoxy) is 1. The summed E-state index contributed by atoms with van der Waals surface area (Å²) < 4.78 is 5.78. The van der Waals surface area contributed by atoms with Crippen molar-refractivity contribution in [2.45, 2.75) is 57.6 Å². The van der Waals surface area contributed by atoms with Gasteiger partial charge in [-0.3, -0.25) is 19.7 Å². The second-order valence-corrected chi connectivity index (χ2v) is 16.2. The molecule has 1 aliphatic heterocycles. The molecule has 1 aliphatic rings. The van der Waals surface area contributed by atoms with Crippen LogP contribution in [0.3, 0.4) is 0 Å². The molecule has 5 aromatic carbocycles. The number of hydrogen-bond acceptors (Lipinski definition) is 8. The normalized spacial score (nSPS) is 13.6. The van der Waals surface area contributed by atoms with E-state index in [1.807, 2.05) is 66.7 Å².